The van der Waals surface area contributed by atoms with Gasteiger partial charge in [-0.2, -0.15) is 0 Å². The lowest BCUT2D eigenvalue weighted by Gasteiger charge is -2.23. The van der Waals surface area contributed by atoms with Crippen LogP contribution in [0.1, 0.15) is 19.8 Å². The van der Waals surface area contributed by atoms with Gasteiger partial charge in [0.2, 0.25) is 17.7 Å². The second-order valence-corrected chi connectivity index (χ2v) is 6.12. The van der Waals surface area contributed by atoms with Crippen LogP contribution in [0.15, 0.2) is 4.99 Å². The maximum absolute atomic E-state index is 12.2. The Balaban J connectivity index is 4.89. The van der Waals surface area contributed by atoms with Gasteiger partial charge in [0.05, 0.1) is 19.3 Å². The number of hydrogen-bond donors (Lipinski definition) is 9. The quantitative estimate of drug-likeness (QED) is 0.0779. The molecule has 0 aliphatic rings. The molecule has 0 saturated carbocycles. The van der Waals surface area contributed by atoms with Crippen LogP contribution in [0.2, 0.25) is 0 Å². The first-order chi connectivity index (χ1) is 13.5. The van der Waals surface area contributed by atoms with Gasteiger partial charge in [-0.25, -0.2) is 4.79 Å². The van der Waals surface area contributed by atoms with Crippen molar-refractivity contribution < 1.29 is 34.5 Å². The molecule has 166 valence electrons. The number of amides is 3. The molecule has 0 radical (unpaired) electrons. The summed E-state index contributed by atoms with van der Waals surface area (Å²) in [7, 11) is 0. The van der Waals surface area contributed by atoms with Crippen LogP contribution in [-0.4, -0.2) is 88.9 Å². The fourth-order valence-electron chi connectivity index (χ4n) is 2.00. The normalized spacial score (nSPS) is 14.6. The van der Waals surface area contributed by atoms with E-state index in [-0.39, 0.29) is 25.3 Å². The number of aliphatic hydroxyl groups is 2. The fourth-order valence-corrected chi connectivity index (χ4v) is 2.00. The average Bonchev–Trinajstić information content (AvgIpc) is 2.65. The standard InChI is InChI=1S/C15H29N7O7/c1-7(16)11(25)21-9(5-23)13(27)22-10(6-24)12(26)20-8(14(28)29)3-2-4-19-15(17)18/h7-10,23-24H,2-6,16H2,1H3,(H,20,26)(H,21,25)(H,22,27)(H,28,29)(H4,17,18,19). The SMILES string of the molecule is CC(N)C(=O)NC(CO)C(=O)NC(CO)C(=O)NC(CCCN=C(N)N)C(=O)O. The predicted octanol–water partition coefficient (Wildman–Crippen LogP) is -5.09. The van der Waals surface area contributed by atoms with Gasteiger partial charge in [0.15, 0.2) is 5.96 Å². The van der Waals surface area contributed by atoms with E-state index >= 15 is 0 Å². The van der Waals surface area contributed by atoms with Crippen molar-refractivity contribution in [1.82, 2.24) is 16.0 Å². The van der Waals surface area contributed by atoms with Gasteiger partial charge in [0.25, 0.3) is 0 Å². The zero-order valence-corrected chi connectivity index (χ0v) is 16.0. The number of aliphatic hydroxyl groups excluding tert-OH is 2. The summed E-state index contributed by atoms with van der Waals surface area (Å²) in [6.07, 6.45) is 0.245. The average molecular weight is 419 g/mol. The van der Waals surface area contributed by atoms with Gasteiger partial charge < -0.3 is 48.5 Å². The number of aliphatic imine (C=N–C) groups is 1. The zero-order valence-electron chi connectivity index (χ0n) is 16.0. The summed E-state index contributed by atoms with van der Waals surface area (Å²) in [5.41, 5.74) is 15.7. The van der Waals surface area contributed by atoms with Crippen molar-refractivity contribution in [1.29, 1.82) is 0 Å². The van der Waals surface area contributed by atoms with Crippen LogP contribution in [0.5, 0.6) is 0 Å². The number of nitrogens with two attached hydrogens (primary N) is 3. The van der Waals surface area contributed by atoms with Crippen molar-refractivity contribution in [2.24, 2.45) is 22.2 Å². The van der Waals surface area contributed by atoms with E-state index in [4.69, 9.17) is 17.2 Å². The van der Waals surface area contributed by atoms with Crippen LogP contribution < -0.4 is 33.2 Å². The number of carbonyl (C=O) groups is 4. The summed E-state index contributed by atoms with van der Waals surface area (Å²) in [5, 5.41) is 34.3. The minimum absolute atomic E-state index is 0.00629. The summed E-state index contributed by atoms with van der Waals surface area (Å²) in [6, 6.07) is -5.17. The Kier molecular flexibility index (Phi) is 11.9. The van der Waals surface area contributed by atoms with Gasteiger partial charge in [-0.05, 0) is 19.8 Å². The molecule has 3 amide bonds. The molecule has 0 aromatic carbocycles. The second-order valence-electron chi connectivity index (χ2n) is 6.12. The zero-order chi connectivity index (χ0) is 22.6. The van der Waals surface area contributed by atoms with Gasteiger partial charge >= 0.3 is 5.97 Å². The fraction of sp³-hybridized carbons (Fsp3) is 0.667. The van der Waals surface area contributed by atoms with Crippen LogP contribution in [0, 0.1) is 0 Å². The molecule has 0 saturated heterocycles. The van der Waals surface area contributed by atoms with E-state index in [0.717, 1.165) is 0 Å². The van der Waals surface area contributed by atoms with E-state index in [1.807, 2.05) is 0 Å². The Hall–Kier alpha value is -2.97. The number of carboxylic acids is 1. The molecule has 4 atom stereocenters. The van der Waals surface area contributed by atoms with Gasteiger partial charge in [-0.15, -0.1) is 0 Å². The summed E-state index contributed by atoms with van der Waals surface area (Å²) < 4.78 is 0. The molecule has 14 nitrogen and oxygen atoms in total. The summed E-state index contributed by atoms with van der Waals surface area (Å²) in [5.74, 6) is -4.13. The number of nitrogens with one attached hydrogen (secondary N) is 3. The first-order valence-corrected chi connectivity index (χ1v) is 8.70. The first kappa shape index (κ1) is 26.0. The topological polar surface area (TPSA) is 255 Å². The molecule has 14 heteroatoms. The number of carboxylic acid groups (broad SMARTS) is 1. The van der Waals surface area contributed by atoms with Gasteiger partial charge in [-0.1, -0.05) is 0 Å². The molecular weight excluding hydrogens is 390 g/mol. The highest BCUT2D eigenvalue weighted by atomic mass is 16.4. The third-order valence-corrected chi connectivity index (χ3v) is 3.60. The third-order valence-electron chi connectivity index (χ3n) is 3.60. The number of hydrogen-bond acceptors (Lipinski definition) is 8. The monoisotopic (exact) mass is 419 g/mol. The Morgan fingerprint density at radius 1 is 0.897 bits per heavy atom. The van der Waals surface area contributed by atoms with Crippen molar-refractivity contribution in [2.45, 2.75) is 43.9 Å². The maximum Gasteiger partial charge on any atom is 0.326 e. The van der Waals surface area contributed by atoms with Crippen molar-refractivity contribution >= 4 is 29.7 Å². The molecule has 0 aromatic rings. The highest BCUT2D eigenvalue weighted by molar-refractivity contribution is 5.94. The molecule has 0 fully saturated rings. The van der Waals surface area contributed by atoms with Gasteiger partial charge in [0, 0.05) is 6.54 Å². The molecule has 0 heterocycles. The van der Waals surface area contributed by atoms with Crippen LogP contribution in [0.3, 0.4) is 0 Å². The molecule has 0 bridgehead atoms. The van der Waals surface area contributed by atoms with Crippen LogP contribution >= 0.6 is 0 Å². The smallest absolute Gasteiger partial charge is 0.326 e. The molecule has 0 aliphatic heterocycles. The number of rotatable bonds is 13. The Labute approximate surface area is 166 Å². The van der Waals surface area contributed by atoms with Crippen LogP contribution in [-0.2, 0) is 19.2 Å². The summed E-state index contributed by atoms with van der Waals surface area (Å²) in [4.78, 5) is 50.9. The third kappa shape index (κ3) is 10.2. The highest BCUT2D eigenvalue weighted by Gasteiger charge is 2.29. The van der Waals surface area contributed by atoms with Crippen molar-refractivity contribution in [2.75, 3.05) is 19.8 Å². The molecule has 0 aromatic heterocycles. The van der Waals surface area contributed by atoms with E-state index in [1.54, 1.807) is 0 Å². The Bertz CT molecular complexity index is 608. The largest absolute Gasteiger partial charge is 0.480 e. The lowest BCUT2D eigenvalue weighted by Crippen LogP contribution is -2.58. The second kappa shape index (κ2) is 13.2. The summed E-state index contributed by atoms with van der Waals surface area (Å²) >= 11 is 0. The minimum atomic E-state index is -1.51. The lowest BCUT2D eigenvalue weighted by atomic mass is 10.1. The van der Waals surface area contributed by atoms with E-state index in [9.17, 15) is 34.5 Å². The molecule has 0 rings (SSSR count). The van der Waals surface area contributed by atoms with E-state index < -0.39 is 61.1 Å². The van der Waals surface area contributed by atoms with Gasteiger partial charge in [0.1, 0.15) is 18.1 Å². The molecular formula is C15H29N7O7. The molecule has 0 aliphatic carbocycles. The van der Waals surface area contributed by atoms with Crippen LogP contribution in [0.4, 0.5) is 0 Å². The molecule has 0 spiro atoms. The molecule has 4 unspecified atom stereocenters. The molecule has 12 N–H and O–H groups in total. The summed E-state index contributed by atoms with van der Waals surface area (Å²) in [6.45, 7) is -0.117. The minimum Gasteiger partial charge on any atom is -0.480 e. The Morgan fingerprint density at radius 3 is 1.72 bits per heavy atom. The van der Waals surface area contributed by atoms with E-state index in [1.165, 1.54) is 6.92 Å². The predicted molar refractivity (Wildman–Crippen MR) is 101 cm³/mol. The van der Waals surface area contributed by atoms with E-state index in [2.05, 4.69) is 20.9 Å². The number of nitrogens with zero attached hydrogens (tertiary/aromatic N) is 1. The van der Waals surface area contributed by atoms with Gasteiger partial charge in [-0.3, -0.25) is 19.4 Å². The maximum atomic E-state index is 12.2. The number of carbonyl (C=O) groups excluding carboxylic acids is 3. The van der Waals surface area contributed by atoms with Crippen molar-refractivity contribution in [3.63, 3.8) is 0 Å². The number of aliphatic carboxylic acids is 1. The van der Waals surface area contributed by atoms with Crippen LogP contribution in [0.25, 0.3) is 0 Å². The first-order valence-electron chi connectivity index (χ1n) is 8.70. The molecule has 29 heavy (non-hydrogen) atoms. The van der Waals surface area contributed by atoms with Crippen molar-refractivity contribution in [3.8, 4) is 0 Å². The highest BCUT2D eigenvalue weighted by Crippen LogP contribution is 2.00. The number of guanidine groups is 1. The van der Waals surface area contributed by atoms with Crippen molar-refractivity contribution in [3.05, 3.63) is 0 Å². The lowest BCUT2D eigenvalue weighted by molar-refractivity contribution is -0.142. The Morgan fingerprint density at radius 2 is 1.34 bits per heavy atom. The van der Waals surface area contributed by atoms with E-state index in [0.29, 0.717) is 0 Å².